The Kier molecular flexibility index (Phi) is 4.68. The minimum Gasteiger partial charge on any atom is -0.324 e. The summed E-state index contributed by atoms with van der Waals surface area (Å²) in [6.45, 7) is 2.05. The highest BCUT2D eigenvalue weighted by Gasteiger charge is 2.30. The second-order valence-corrected chi connectivity index (χ2v) is 5.11. The Morgan fingerprint density at radius 1 is 1.00 bits per heavy atom. The second-order valence-electron chi connectivity index (χ2n) is 5.11. The molecule has 0 amide bonds. The molecule has 0 aliphatic heterocycles. The van der Waals surface area contributed by atoms with Crippen molar-refractivity contribution in [3.05, 3.63) is 70.8 Å². The van der Waals surface area contributed by atoms with Crippen molar-refractivity contribution in [2.75, 3.05) is 0 Å². The Balaban J connectivity index is 2.17. The van der Waals surface area contributed by atoms with Crippen LogP contribution >= 0.6 is 0 Å². The molecule has 0 aliphatic rings. The number of nitrogens with two attached hydrogens (primary N) is 1. The molecule has 1 nitrogen and oxygen atoms in total. The zero-order valence-corrected chi connectivity index (χ0v) is 11.8. The van der Waals surface area contributed by atoms with Crippen LogP contribution in [0.3, 0.4) is 0 Å². The number of halogens is 3. The van der Waals surface area contributed by atoms with Crippen LogP contribution in [0.4, 0.5) is 13.2 Å². The molecule has 4 heteroatoms. The Bertz CT molecular complexity index is 605. The lowest BCUT2D eigenvalue weighted by Gasteiger charge is -2.14. The molecule has 2 N–H and O–H groups in total. The van der Waals surface area contributed by atoms with E-state index >= 15 is 0 Å². The van der Waals surface area contributed by atoms with Gasteiger partial charge in [-0.25, -0.2) is 0 Å². The third-order valence-corrected chi connectivity index (χ3v) is 3.50. The van der Waals surface area contributed by atoms with E-state index < -0.39 is 11.7 Å². The summed E-state index contributed by atoms with van der Waals surface area (Å²) in [7, 11) is 0. The van der Waals surface area contributed by atoms with E-state index in [0.717, 1.165) is 18.1 Å². The van der Waals surface area contributed by atoms with E-state index in [0.29, 0.717) is 12.0 Å². The van der Waals surface area contributed by atoms with Crippen molar-refractivity contribution >= 4 is 0 Å². The molecule has 0 aliphatic carbocycles. The first-order chi connectivity index (χ1) is 9.90. The van der Waals surface area contributed by atoms with Crippen LogP contribution in [0.1, 0.15) is 35.2 Å². The lowest BCUT2D eigenvalue weighted by atomic mass is 9.96. The van der Waals surface area contributed by atoms with Gasteiger partial charge in [0.1, 0.15) is 0 Å². The molecule has 2 aromatic rings. The van der Waals surface area contributed by atoms with Gasteiger partial charge in [0.15, 0.2) is 0 Å². The smallest absolute Gasteiger partial charge is 0.324 e. The van der Waals surface area contributed by atoms with Crippen LogP contribution in [0.5, 0.6) is 0 Å². The van der Waals surface area contributed by atoms with E-state index in [-0.39, 0.29) is 6.04 Å². The maximum atomic E-state index is 12.7. The summed E-state index contributed by atoms with van der Waals surface area (Å²) >= 11 is 0. The number of rotatable bonds is 4. The summed E-state index contributed by atoms with van der Waals surface area (Å²) < 4.78 is 38.1. The molecular formula is C17H18F3N. The molecule has 0 bridgehead atoms. The summed E-state index contributed by atoms with van der Waals surface area (Å²) in [5.74, 6) is 0. The van der Waals surface area contributed by atoms with Gasteiger partial charge in [-0.15, -0.1) is 0 Å². The molecular weight excluding hydrogens is 275 g/mol. The van der Waals surface area contributed by atoms with E-state index in [4.69, 9.17) is 5.73 Å². The molecule has 0 heterocycles. The van der Waals surface area contributed by atoms with Crippen LogP contribution in [0.25, 0.3) is 0 Å². The molecule has 1 unspecified atom stereocenters. The number of alkyl halides is 3. The van der Waals surface area contributed by atoms with Crippen LogP contribution in [-0.2, 0) is 19.0 Å². The average molecular weight is 293 g/mol. The van der Waals surface area contributed by atoms with Gasteiger partial charge in [-0.05, 0) is 35.6 Å². The maximum Gasteiger partial charge on any atom is 0.416 e. The van der Waals surface area contributed by atoms with Crippen molar-refractivity contribution in [3.63, 3.8) is 0 Å². The molecule has 1 atom stereocenters. The van der Waals surface area contributed by atoms with Crippen molar-refractivity contribution in [3.8, 4) is 0 Å². The summed E-state index contributed by atoms with van der Waals surface area (Å²) in [6.07, 6.45) is -3.02. The Hall–Kier alpha value is -1.81. The minimum atomic E-state index is -4.32. The standard InChI is InChI=1S/C17H18F3N/c1-2-12-5-3-7-14(9-12)16(21)11-13-6-4-8-15(10-13)17(18,19)20/h3-10,16H,2,11,21H2,1H3. The molecule has 0 spiro atoms. The van der Waals surface area contributed by atoms with Crippen molar-refractivity contribution in [2.24, 2.45) is 5.73 Å². The van der Waals surface area contributed by atoms with E-state index in [2.05, 4.69) is 6.92 Å². The summed E-state index contributed by atoms with van der Waals surface area (Å²) in [6, 6.07) is 12.9. The molecule has 112 valence electrons. The maximum absolute atomic E-state index is 12.7. The first kappa shape index (κ1) is 15.6. The van der Waals surface area contributed by atoms with Crippen LogP contribution in [0.15, 0.2) is 48.5 Å². The molecule has 0 aromatic heterocycles. The third kappa shape index (κ3) is 4.08. The van der Waals surface area contributed by atoms with Crippen molar-refractivity contribution < 1.29 is 13.2 Å². The topological polar surface area (TPSA) is 26.0 Å². The van der Waals surface area contributed by atoms with Crippen LogP contribution in [-0.4, -0.2) is 0 Å². The molecule has 0 fully saturated rings. The molecule has 0 saturated carbocycles. The SMILES string of the molecule is CCc1cccc(C(N)Cc2cccc(C(F)(F)F)c2)c1. The third-order valence-electron chi connectivity index (χ3n) is 3.50. The van der Waals surface area contributed by atoms with Crippen molar-refractivity contribution in [1.82, 2.24) is 0 Å². The molecule has 21 heavy (non-hydrogen) atoms. The van der Waals surface area contributed by atoms with E-state index in [1.165, 1.54) is 17.7 Å². The number of hydrogen-bond donors (Lipinski definition) is 1. The van der Waals surface area contributed by atoms with Gasteiger partial charge in [0.05, 0.1) is 5.56 Å². The fourth-order valence-corrected chi connectivity index (χ4v) is 2.29. The fraction of sp³-hybridized carbons (Fsp3) is 0.294. The van der Waals surface area contributed by atoms with Gasteiger partial charge >= 0.3 is 6.18 Å². The van der Waals surface area contributed by atoms with Gasteiger partial charge in [-0.2, -0.15) is 13.2 Å². The number of hydrogen-bond acceptors (Lipinski definition) is 1. The second kappa shape index (κ2) is 6.31. The first-order valence-corrected chi connectivity index (χ1v) is 6.90. The first-order valence-electron chi connectivity index (χ1n) is 6.90. The highest BCUT2D eigenvalue weighted by atomic mass is 19.4. The van der Waals surface area contributed by atoms with Crippen molar-refractivity contribution in [1.29, 1.82) is 0 Å². The molecule has 2 aromatic carbocycles. The molecule has 2 rings (SSSR count). The Labute approximate surface area is 122 Å². The van der Waals surface area contributed by atoms with Gasteiger partial charge in [0.2, 0.25) is 0 Å². The number of aryl methyl sites for hydroxylation is 1. The highest BCUT2D eigenvalue weighted by molar-refractivity contribution is 5.30. The van der Waals surface area contributed by atoms with Crippen molar-refractivity contribution in [2.45, 2.75) is 32.0 Å². The molecule has 0 radical (unpaired) electrons. The fourth-order valence-electron chi connectivity index (χ4n) is 2.29. The van der Waals surface area contributed by atoms with Gasteiger partial charge < -0.3 is 5.73 Å². The summed E-state index contributed by atoms with van der Waals surface area (Å²) in [4.78, 5) is 0. The van der Waals surface area contributed by atoms with Gasteiger partial charge in [0, 0.05) is 6.04 Å². The van der Waals surface area contributed by atoms with Gasteiger partial charge in [0.25, 0.3) is 0 Å². The quantitative estimate of drug-likeness (QED) is 0.882. The van der Waals surface area contributed by atoms with Crippen LogP contribution in [0.2, 0.25) is 0 Å². The van der Waals surface area contributed by atoms with E-state index in [1.807, 2.05) is 24.3 Å². The zero-order valence-electron chi connectivity index (χ0n) is 11.8. The largest absolute Gasteiger partial charge is 0.416 e. The van der Waals surface area contributed by atoms with E-state index in [1.54, 1.807) is 6.07 Å². The van der Waals surface area contributed by atoms with E-state index in [9.17, 15) is 13.2 Å². The Morgan fingerprint density at radius 2 is 1.67 bits per heavy atom. The molecule has 0 saturated heterocycles. The summed E-state index contributed by atoms with van der Waals surface area (Å²) in [5, 5.41) is 0. The van der Waals surface area contributed by atoms with Gasteiger partial charge in [-0.3, -0.25) is 0 Å². The normalized spacial score (nSPS) is 13.2. The summed E-state index contributed by atoms with van der Waals surface area (Å²) in [5.41, 5.74) is 8.22. The Morgan fingerprint density at radius 3 is 2.33 bits per heavy atom. The monoisotopic (exact) mass is 293 g/mol. The highest BCUT2D eigenvalue weighted by Crippen LogP contribution is 2.30. The zero-order chi connectivity index (χ0) is 15.5. The van der Waals surface area contributed by atoms with Crippen LogP contribution < -0.4 is 5.73 Å². The number of benzene rings is 2. The average Bonchev–Trinajstić information content (AvgIpc) is 2.46. The lowest BCUT2D eigenvalue weighted by Crippen LogP contribution is -2.14. The minimum absolute atomic E-state index is 0.306. The van der Waals surface area contributed by atoms with Crippen LogP contribution in [0, 0.1) is 0 Å². The van der Waals surface area contributed by atoms with Gasteiger partial charge in [-0.1, -0.05) is 49.4 Å². The lowest BCUT2D eigenvalue weighted by molar-refractivity contribution is -0.137. The predicted molar refractivity (Wildman–Crippen MR) is 77.9 cm³/mol. The predicted octanol–water partition coefficient (Wildman–Crippen LogP) is 4.51.